The molecule has 3 aromatic rings. The van der Waals surface area contributed by atoms with Crippen molar-refractivity contribution in [1.29, 1.82) is 0 Å². The summed E-state index contributed by atoms with van der Waals surface area (Å²) in [6.07, 6.45) is -0.0988. The van der Waals surface area contributed by atoms with Crippen molar-refractivity contribution in [2.75, 3.05) is 17.7 Å². The molecule has 30 heavy (non-hydrogen) atoms. The van der Waals surface area contributed by atoms with Crippen LogP contribution >= 0.6 is 11.6 Å². The smallest absolute Gasteiger partial charge is 0.251 e. The standard InChI is InChI=1S/C21H18ClFN4O3/c1-30-11-16-19(12-2-6-14(23)7-3-12)20-25-21(29)17(27(20)26-16)10-18(28)24-15-8-4-13(22)5-9-15/h2-9,17H,10-11H2,1H3,(H,24,28)(H,25,29). The molecule has 2 aromatic carbocycles. The minimum atomic E-state index is -0.808. The first kappa shape index (κ1) is 20.1. The van der Waals surface area contributed by atoms with Crippen LogP contribution in [0.4, 0.5) is 15.9 Å². The summed E-state index contributed by atoms with van der Waals surface area (Å²) in [5.41, 5.74) is 2.50. The number of methoxy groups -OCH3 is 1. The van der Waals surface area contributed by atoms with E-state index in [0.29, 0.717) is 33.3 Å². The first-order valence-electron chi connectivity index (χ1n) is 9.19. The Morgan fingerprint density at radius 3 is 2.60 bits per heavy atom. The molecule has 9 heteroatoms. The van der Waals surface area contributed by atoms with Crippen LogP contribution in [0.25, 0.3) is 11.1 Å². The first-order chi connectivity index (χ1) is 14.5. The van der Waals surface area contributed by atoms with Gasteiger partial charge in [-0.1, -0.05) is 23.7 Å². The van der Waals surface area contributed by atoms with E-state index in [9.17, 15) is 14.0 Å². The van der Waals surface area contributed by atoms with Crippen LogP contribution in [-0.2, 0) is 20.9 Å². The van der Waals surface area contributed by atoms with Crippen molar-refractivity contribution in [2.24, 2.45) is 0 Å². The summed E-state index contributed by atoms with van der Waals surface area (Å²) in [6, 6.07) is 11.8. The van der Waals surface area contributed by atoms with Gasteiger partial charge in [0.2, 0.25) is 5.91 Å². The van der Waals surface area contributed by atoms with Crippen LogP contribution in [0.15, 0.2) is 48.5 Å². The lowest BCUT2D eigenvalue weighted by atomic mass is 10.1. The van der Waals surface area contributed by atoms with Gasteiger partial charge in [-0.2, -0.15) is 5.10 Å². The molecule has 1 aliphatic rings. The Hall–Kier alpha value is -3.23. The number of carbonyl (C=O) groups excluding carboxylic acids is 2. The molecule has 1 atom stereocenters. The summed E-state index contributed by atoms with van der Waals surface area (Å²) in [7, 11) is 1.54. The molecule has 0 spiro atoms. The molecular weight excluding hydrogens is 411 g/mol. The average molecular weight is 429 g/mol. The molecule has 154 valence electrons. The molecule has 0 saturated heterocycles. The number of amides is 2. The summed E-state index contributed by atoms with van der Waals surface area (Å²) in [5, 5.41) is 10.6. The van der Waals surface area contributed by atoms with Gasteiger partial charge in [0.25, 0.3) is 5.91 Å². The zero-order valence-corrected chi connectivity index (χ0v) is 16.7. The number of ether oxygens (including phenoxy) is 1. The average Bonchev–Trinajstić information content (AvgIpc) is 3.20. The number of nitrogens with one attached hydrogen (secondary N) is 2. The summed E-state index contributed by atoms with van der Waals surface area (Å²) in [6.45, 7) is 0.201. The number of rotatable bonds is 6. The van der Waals surface area contributed by atoms with Gasteiger partial charge in [-0.15, -0.1) is 0 Å². The van der Waals surface area contributed by atoms with Crippen LogP contribution in [0.2, 0.25) is 5.02 Å². The maximum Gasteiger partial charge on any atom is 0.251 e. The van der Waals surface area contributed by atoms with E-state index < -0.39 is 6.04 Å². The van der Waals surface area contributed by atoms with E-state index in [1.807, 2.05) is 0 Å². The number of carbonyl (C=O) groups is 2. The quantitative estimate of drug-likeness (QED) is 0.621. The molecule has 1 unspecified atom stereocenters. The topological polar surface area (TPSA) is 85.2 Å². The van der Waals surface area contributed by atoms with Gasteiger partial charge in [-0.25, -0.2) is 9.07 Å². The molecule has 2 N–H and O–H groups in total. The lowest BCUT2D eigenvalue weighted by molar-refractivity contribution is -0.123. The minimum Gasteiger partial charge on any atom is -0.378 e. The van der Waals surface area contributed by atoms with Crippen molar-refractivity contribution in [3.8, 4) is 11.1 Å². The van der Waals surface area contributed by atoms with Crippen molar-refractivity contribution in [3.05, 3.63) is 65.1 Å². The third-order valence-electron chi connectivity index (χ3n) is 4.74. The van der Waals surface area contributed by atoms with Crippen molar-refractivity contribution in [2.45, 2.75) is 19.1 Å². The molecule has 0 saturated carbocycles. The fourth-order valence-corrected chi connectivity index (χ4v) is 3.52. The zero-order chi connectivity index (χ0) is 21.3. The summed E-state index contributed by atoms with van der Waals surface area (Å²) in [4.78, 5) is 25.1. The van der Waals surface area contributed by atoms with Crippen LogP contribution in [0.5, 0.6) is 0 Å². The molecule has 0 bridgehead atoms. The number of nitrogens with zero attached hydrogens (tertiary/aromatic N) is 2. The predicted octanol–water partition coefficient (Wildman–Crippen LogP) is 4.01. The first-order valence-corrected chi connectivity index (χ1v) is 9.56. The molecule has 0 aliphatic carbocycles. The lowest BCUT2D eigenvalue weighted by Gasteiger charge is -2.10. The summed E-state index contributed by atoms with van der Waals surface area (Å²) in [5.74, 6) is -0.576. The molecular formula is C21H18ClFN4O3. The van der Waals surface area contributed by atoms with Crippen LogP contribution in [0.3, 0.4) is 0 Å². The number of anilines is 2. The van der Waals surface area contributed by atoms with Crippen LogP contribution in [0.1, 0.15) is 18.2 Å². The molecule has 7 nitrogen and oxygen atoms in total. The highest BCUT2D eigenvalue weighted by Crippen LogP contribution is 2.39. The Morgan fingerprint density at radius 1 is 1.23 bits per heavy atom. The van der Waals surface area contributed by atoms with Gasteiger partial charge in [0.15, 0.2) is 0 Å². The van der Waals surface area contributed by atoms with Crippen molar-refractivity contribution >= 4 is 34.9 Å². The van der Waals surface area contributed by atoms with E-state index >= 15 is 0 Å². The molecule has 1 aromatic heterocycles. The van der Waals surface area contributed by atoms with Gasteiger partial charge < -0.3 is 15.4 Å². The normalized spacial score (nSPS) is 15.0. The second kappa shape index (κ2) is 8.25. The Morgan fingerprint density at radius 2 is 1.93 bits per heavy atom. The number of hydrogen-bond acceptors (Lipinski definition) is 4. The van der Waals surface area contributed by atoms with Gasteiger partial charge in [0, 0.05) is 23.4 Å². The van der Waals surface area contributed by atoms with Crippen LogP contribution in [0, 0.1) is 5.82 Å². The fraction of sp³-hybridized carbons (Fsp3) is 0.190. The van der Waals surface area contributed by atoms with Gasteiger partial charge in [-0.3, -0.25) is 9.59 Å². The number of halogens is 2. The Kier molecular flexibility index (Phi) is 5.52. The van der Waals surface area contributed by atoms with E-state index in [4.69, 9.17) is 16.3 Å². The number of fused-ring (bicyclic) bond motifs is 1. The fourth-order valence-electron chi connectivity index (χ4n) is 3.40. The number of aromatic nitrogens is 2. The molecule has 2 heterocycles. The highest BCUT2D eigenvalue weighted by Gasteiger charge is 2.37. The zero-order valence-electron chi connectivity index (χ0n) is 16.0. The number of benzene rings is 2. The maximum absolute atomic E-state index is 13.4. The minimum absolute atomic E-state index is 0.0988. The van der Waals surface area contributed by atoms with E-state index in [1.54, 1.807) is 36.4 Å². The summed E-state index contributed by atoms with van der Waals surface area (Å²) >= 11 is 5.85. The third-order valence-corrected chi connectivity index (χ3v) is 5.00. The predicted molar refractivity (Wildman–Crippen MR) is 111 cm³/mol. The third kappa shape index (κ3) is 3.92. The van der Waals surface area contributed by atoms with Crippen LogP contribution < -0.4 is 10.6 Å². The van der Waals surface area contributed by atoms with E-state index in [0.717, 1.165) is 0 Å². The van der Waals surface area contributed by atoms with Crippen molar-refractivity contribution < 1.29 is 18.7 Å². The Balaban J connectivity index is 1.61. The van der Waals surface area contributed by atoms with E-state index in [1.165, 1.54) is 23.9 Å². The SMILES string of the molecule is COCc1nn2c(c1-c1ccc(F)cc1)NC(=O)C2CC(=O)Nc1ccc(Cl)cc1. The number of hydrogen-bond donors (Lipinski definition) is 2. The summed E-state index contributed by atoms with van der Waals surface area (Å²) < 4.78 is 20.1. The monoisotopic (exact) mass is 428 g/mol. The van der Waals surface area contributed by atoms with Crippen molar-refractivity contribution in [3.63, 3.8) is 0 Å². The molecule has 0 radical (unpaired) electrons. The second-order valence-corrected chi connectivity index (χ2v) is 7.26. The van der Waals surface area contributed by atoms with Crippen LogP contribution in [-0.4, -0.2) is 28.7 Å². The second-order valence-electron chi connectivity index (χ2n) is 6.82. The van der Waals surface area contributed by atoms with Gasteiger partial charge in [0.05, 0.1) is 18.7 Å². The van der Waals surface area contributed by atoms with Gasteiger partial charge in [-0.05, 0) is 42.0 Å². The maximum atomic E-state index is 13.4. The molecule has 4 rings (SSSR count). The Labute approximate surface area is 176 Å². The van der Waals surface area contributed by atoms with Gasteiger partial charge in [0.1, 0.15) is 17.7 Å². The van der Waals surface area contributed by atoms with Crippen molar-refractivity contribution in [1.82, 2.24) is 9.78 Å². The van der Waals surface area contributed by atoms with E-state index in [-0.39, 0.29) is 30.7 Å². The Bertz CT molecular complexity index is 1100. The lowest BCUT2D eigenvalue weighted by Crippen LogP contribution is -2.24. The van der Waals surface area contributed by atoms with Gasteiger partial charge >= 0.3 is 0 Å². The molecule has 2 amide bonds. The highest BCUT2D eigenvalue weighted by molar-refractivity contribution is 6.30. The molecule has 1 aliphatic heterocycles. The van der Waals surface area contributed by atoms with E-state index in [2.05, 4.69) is 15.7 Å². The highest BCUT2D eigenvalue weighted by atomic mass is 35.5. The largest absolute Gasteiger partial charge is 0.378 e. The molecule has 0 fully saturated rings.